The number of hydrogen-bond donors (Lipinski definition) is 2. The number of carbonyl (C=O) groups is 1. The summed E-state index contributed by atoms with van der Waals surface area (Å²) in [6.07, 6.45) is 3.66. The first-order chi connectivity index (χ1) is 19.3. The summed E-state index contributed by atoms with van der Waals surface area (Å²) < 4.78 is 8.01. The Balaban J connectivity index is 1.46. The number of nitrogens with one attached hydrogen (secondary N) is 2. The van der Waals surface area contributed by atoms with Crippen molar-refractivity contribution in [1.82, 2.24) is 24.7 Å². The number of para-hydroxylation sites is 2. The molecular formula is C31H32N6O2Si. The van der Waals surface area contributed by atoms with Crippen LogP contribution in [0.1, 0.15) is 6.92 Å². The summed E-state index contributed by atoms with van der Waals surface area (Å²) in [5.41, 5.74) is 6.32. The maximum absolute atomic E-state index is 11.8. The Morgan fingerprint density at radius 2 is 1.85 bits per heavy atom. The monoisotopic (exact) mass is 548 g/mol. The van der Waals surface area contributed by atoms with Gasteiger partial charge in [0.05, 0.1) is 22.2 Å². The fourth-order valence-corrected chi connectivity index (χ4v) is 5.69. The summed E-state index contributed by atoms with van der Waals surface area (Å²) in [6.45, 7) is 9.65. The summed E-state index contributed by atoms with van der Waals surface area (Å²) in [6, 6.07) is 21.3. The molecule has 2 N–H and O–H groups in total. The molecule has 0 unspecified atom stereocenters. The highest BCUT2D eigenvalue weighted by Crippen LogP contribution is 2.36. The first-order valence-corrected chi connectivity index (χ1v) is 17.2. The Morgan fingerprint density at radius 3 is 2.65 bits per heavy atom. The molecule has 0 spiro atoms. The van der Waals surface area contributed by atoms with Gasteiger partial charge in [0.2, 0.25) is 5.91 Å². The van der Waals surface area contributed by atoms with Crippen molar-refractivity contribution in [2.24, 2.45) is 0 Å². The number of aromatic nitrogens is 5. The SMILES string of the molecule is CC(=O)Nc1cccc2c(-c3ccc4c(c3)c(-c3nc5ccccc5[nH]3)nn4COCC[Si](C)(C)C)cncc12. The zero-order valence-corrected chi connectivity index (χ0v) is 24.2. The standard InChI is InChI=1S/C31H32N6O2Si/c1-20(38)33-26-11-7-8-22-24(17-32-18-25(22)26)21-12-13-29-23(16-21)30(31-34-27-9-5-6-10-28(27)35-31)36-37(29)19-39-14-15-40(2,3)4/h5-13,16-18H,14-15,19H2,1-4H3,(H,33,38)(H,34,35). The Bertz CT molecular complexity index is 1830. The molecule has 0 bridgehead atoms. The second-order valence-corrected chi connectivity index (χ2v) is 16.9. The zero-order chi connectivity index (χ0) is 27.9. The van der Waals surface area contributed by atoms with Crippen LogP contribution in [-0.4, -0.2) is 45.3 Å². The first-order valence-electron chi connectivity index (χ1n) is 13.4. The van der Waals surface area contributed by atoms with Crippen molar-refractivity contribution in [2.75, 3.05) is 11.9 Å². The van der Waals surface area contributed by atoms with Crippen molar-refractivity contribution in [1.29, 1.82) is 0 Å². The van der Waals surface area contributed by atoms with E-state index in [9.17, 15) is 4.79 Å². The van der Waals surface area contributed by atoms with Crippen molar-refractivity contribution in [3.8, 4) is 22.6 Å². The van der Waals surface area contributed by atoms with Crippen LogP contribution in [0.25, 0.3) is 55.4 Å². The van der Waals surface area contributed by atoms with Gasteiger partial charge >= 0.3 is 0 Å². The molecule has 0 saturated carbocycles. The highest BCUT2D eigenvalue weighted by molar-refractivity contribution is 6.76. The van der Waals surface area contributed by atoms with Crippen molar-refractivity contribution in [3.05, 3.63) is 73.1 Å². The number of fused-ring (bicyclic) bond motifs is 3. The molecule has 0 fully saturated rings. The molecule has 0 saturated heterocycles. The Hall–Kier alpha value is -4.34. The predicted octanol–water partition coefficient (Wildman–Crippen LogP) is 7.07. The number of anilines is 1. The molecule has 0 aliphatic heterocycles. The van der Waals surface area contributed by atoms with Gasteiger partial charge in [-0.2, -0.15) is 5.10 Å². The summed E-state index contributed by atoms with van der Waals surface area (Å²) in [7, 11) is -1.20. The molecule has 202 valence electrons. The molecule has 40 heavy (non-hydrogen) atoms. The van der Waals surface area contributed by atoms with Gasteiger partial charge in [0.25, 0.3) is 0 Å². The zero-order valence-electron chi connectivity index (χ0n) is 23.2. The fourth-order valence-electron chi connectivity index (χ4n) is 4.94. The minimum absolute atomic E-state index is 0.116. The predicted molar refractivity (Wildman–Crippen MR) is 164 cm³/mol. The summed E-state index contributed by atoms with van der Waals surface area (Å²) >= 11 is 0. The number of aromatic amines is 1. The molecular weight excluding hydrogens is 516 g/mol. The molecule has 3 heterocycles. The minimum Gasteiger partial charge on any atom is -0.360 e. The van der Waals surface area contributed by atoms with Crippen molar-refractivity contribution < 1.29 is 9.53 Å². The van der Waals surface area contributed by atoms with E-state index in [1.165, 1.54) is 6.92 Å². The van der Waals surface area contributed by atoms with Crippen LogP contribution in [0.5, 0.6) is 0 Å². The van der Waals surface area contributed by atoms with Crippen LogP contribution in [0.3, 0.4) is 0 Å². The molecule has 0 radical (unpaired) electrons. The van der Waals surface area contributed by atoms with Gasteiger partial charge in [-0.15, -0.1) is 0 Å². The Kier molecular flexibility index (Phi) is 6.69. The topological polar surface area (TPSA) is 97.7 Å². The van der Waals surface area contributed by atoms with E-state index in [-0.39, 0.29) is 5.91 Å². The molecule has 9 heteroatoms. The van der Waals surface area contributed by atoms with Gasteiger partial charge in [0.15, 0.2) is 5.82 Å². The number of hydrogen-bond acceptors (Lipinski definition) is 5. The Morgan fingerprint density at radius 1 is 1.00 bits per heavy atom. The van der Waals surface area contributed by atoms with E-state index in [0.29, 0.717) is 19.2 Å². The number of amides is 1. The summed E-state index contributed by atoms with van der Waals surface area (Å²) in [4.78, 5) is 24.6. The van der Waals surface area contributed by atoms with Gasteiger partial charge in [-0.05, 0) is 47.3 Å². The summed E-state index contributed by atoms with van der Waals surface area (Å²) in [5.74, 6) is 0.600. The van der Waals surface area contributed by atoms with E-state index in [0.717, 1.165) is 61.3 Å². The van der Waals surface area contributed by atoms with Crippen LogP contribution in [0, 0.1) is 0 Å². The van der Waals surface area contributed by atoms with E-state index in [1.54, 1.807) is 6.20 Å². The van der Waals surface area contributed by atoms with E-state index in [1.807, 2.05) is 47.3 Å². The third-order valence-corrected chi connectivity index (χ3v) is 8.70. The van der Waals surface area contributed by atoms with Gasteiger partial charge < -0.3 is 15.0 Å². The molecule has 6 rings (SSSR count). The quantitative estimate of drug-likeness (QED) is 0.157. The molecule has 0 aliphatic rings. The number of imidazole rings is 1. The van der Waals surface area contributed by atoms with Crippen LogP contribution in [0.4, 0.5) is 5.69 Å². The van der Waals surface area contributed by atoms with Crippen molar-refractivity contribution in [3.63, 3.8) is 0 Å². The van der Waals surface area contributed by atoms with Crippen LogP contribution in [0.15, 0.2) is 73.1 Å². The number of nitrogens with zero attached hydrogens (tertiary/aromatic N) is 4. The molecule has 8 nitrogen and oxygen atoms in total. The van der Waals surface area contributed by atoms with E-state index in [2.05, 4.69) is 59.2 Å². The lowest BCUT2D eigenvalue weighted by Gasteiger charge is -2.15. The third-order valence-electron chi connectivity index (χ3n) is 7.00. The number of rotatable bonds is 8. The maximum Gasteiger partial charge on any atom is 0.221 e. The van der Waals surface area contributed by atoms with Gasteiger partial charge in [0, 0.05) is 50.3 Å². The first kappa shape index (κ1) is 25.9. The highest BCUT2D eigenvalue weighted by Gasteiger charge is 2.19. The van der Waals surface area contributed by atoms with Crippen LogP contribution < -0.4 is 5.32 Å². The van der Waals surface area contributed by atoms with Gasteiger partial charge in [-0.3, -0.25) is 9.78 Å². The molecule has 1 amide bonds. The lowest BCUT2D eigenvalue weighted by molar-refractivity contribution is -0.114. The molecule has 3 aromatic heterocycles. The van der Waals surface area contributed by atoms with Crippen molar-refractivity contribution in [2.45, 2.75) is 39.3 Å². The second-order valence-electron chi connectivity index (χ2n) is 11.3. The average molecular weight is 549 g/mol. The summed E-state index contributed by atoms with van der Waals surface area (Å²) in [5, 5.41) is 10.8. The van der Waals surface area contributed by atoms with Crippen LogP contribution >= 0.6 is 0 Å². The van der Waals surface area contributed by atoms with E-state index in [4.69, 9.17) is 14.8 Å². The highest BCUT2D eigenvalue weighted by atomic mass is 28.3. The second kappa shape index (κ2) is 10.3. The van der Waals surface area contributed by atoms with Crippen molar-refractivity contribution >= 4 is 52.4 Å². The molecule has 0 aliphatic carbocycles. The number of H-pyrrole nitrogens is 1. The number of pyridine rings is 1. The lowest BCUT2D eigenvalue weighted by atomic mass is 9.98. The van der Waals surface area contributed by atoms with Crippen LogP contribution in [-0.2, 0) is 16.3 Å². The Labute approximate surface area is 233 Å². The minimum atomic E-state index is -1.20. The van der Waals surface area contributed by atoms with Gasteiger partial charge in [-0.25, -0.2) is 9.67 Å². The fraction of sp³-hybridized carbons (Fsp3) is 0.226. The van der Waals surface area contributed by atoms with Gasteiger partial charge in [-0.1, -0.05) is 50.0 Å². The molecule has 6 aromatic rings. The molecule has 0 atom stereocenters. The molecule has 3 aromatic carbocycles. The largest absolute Gasteiger partial charge is 0.360 e. The number of carbonyl (C=O) groups excluding carboxylic acids is 1. The normalized spacial score (nSPS) is 12.0. The smallest absolute Gasteiger partial charge is 0.221 e. The van der Waals surface area contributed by atoms with E-state index >= 15 is 0 Å². The average Bonchev–Trinajstić information content (AvgIpc) is 3.51. The van der Waals surface area contributed by atoms with Gasteiger partial charge in [0.1, 0.15) is 12.4 Å². The lowest BCUT2D eigenvalue weighted by Crippen LogP contribution is -2.22. The number of benzene rings is 3. The number of ether oxygens (including phenoxy) is 1. The third kappa shape index (κ3) is 5.13. The van der Waals surface area contributed by atoms with E-state index < -0.39 is 8.07 Å². The van der Waals surface area contributed by atoms with Crippen LogP contribution in [0.2, 0.25) is 25.7 Å². The maximum atomic E-state index is 11.8.